The topological polar surface area (TPSA) is 43.4 Å². The van der Waals surface area contributed by atoms with Crippen molar-refractivity contribution in [3.63, 3.8) is 0 Å². The van der Waals surface area contributed by atoms with E-state index in [-0.39, 0.29) is 11.8 Å². The Bertz CT molecular complexity index is 536. The Hall–Kier alpha value is -1.20. The van der Waals surface area contributed by atoms with Crippen molar-refractivity contribution >= 4 is 43.8 Å². The number of fused-ring (bicyclic) bond motifs is 1. The highest BCUT2D eigenvalue weighted by atomic mass is 32.2. The molecule has 0 bridgehead atoms. The van der Waals surface area contributed by atoms with Gasteiger partial charge in [0.25, 0.3) is 0 Å². The molecular weight excluding hydrogens is 232 g/mol. The molecule has 0 aliphatic carbocycles. The van der Waals surface area contributed by atoms with Crippen molar-refractivity contribution in [2.24, 2.45) is 0 Å². The third-order valence-corrected chi connectivity index (χ3v) is 4.27. The summed E-state index contributed by atoms with van der Waals surface area (Å²) in [5, 5.41) is 2.68. The quantitative estimate of drug-likeness (QED) is 0.598. The van der Waals surface area contributed by atoms with Crippen LogP contribution in [0.15, 0.2) is 11.4 Å². The number of thiophene rings is 2. The van der Waals surface area contributed by atoms with Gasteiger partial charge in [0.15, 0.2) is 5.78 Å². The Morgan fingerprint density at radius 3 is 2.73 bits per heavy atom. The van der Waals surface area contributed by atoms with E-state index in [1.165, 1.54) is 36.7 Å². The molecule has 0 aliphatic rings. The molecule has 0 fully saturated rings. The summed E-state index contributed by atoms with van der Waals surface area (Å²) in [7, 11) is 1.35. The van der Waals surface area contributed by atoms with Gasteiger partial charge in [-0.25, -0.2) is 4.79 Å². The van der Waals surface area contributed by atoms with Crippen LogP contribution in [0.25, 0.3) is 9.40 Å². The fourth-order valence-electron chi connectivity index (χ4n) is 1.30. The molecule has 15 heavy (non-hydrogen) atoms. The first-order chi connectivity index (χ1) is 7.13. The zero-order valence-electron chi connectivity index (χ0n) is 8.20. The van der Waals surface area contributed by atoms with Crippen LogP contribution in [0.1, 0.15) is 27.0 Å². The average molecular weight is 240 g/mol. The number of hydrogen-bond acceptors (Lipinski definition) is 5. The van der Waals surface area contributed by atoms with E-state index in [1.807, 2.05) is 5.38 Å². The van der Waals surface area contributed by atoms with Crippen LogP contribution >= 0.6 is 22.7 Å². The number of Topliss-reactive ketones (excluding diaryl/α,β-unsaturated/α-hetero) is 1. The van der Waals surface area contributed by atoms with Crippen molar-refractivity contribution < 1.29 is 14.3 Å². The van der Waals surface area contributed by atoms with Crippen molar-refractivity contribution in [3.8, 4) is 0 Å². The highest BCUT2D eigenvalue weighted by Gasteiger charge is 2.15. The Kier molecular flexibility index (Phi) is 2.58. The summed E-state index contributed by atoms with van der Waals surface area (Å²) < 4.78 is 5.61. The predicted molar refractivity (Wildman–Crippen MR) is 61.0 cm³/mol. The Morgan fingerprint density at radius 1 is 1.40 bits per heavy atom. The number of ketones is 1. The monoisotopic (exact) mass is 240 g/mol. The molecule has 2 aromatic heterocycles. The molecular formula is C10H8O3S2. The molecule has 2 rings (SSSR count). The molecule has 0 unspecified atom stereocenters. The molecule has 2 heterocycles. The molecule has 0 saturated heterocycles. The average Bonchev–Trinajstić information content (AvgIpc) is 2.73. The second kappa shape index (κ2) is 3.75. The normalized spacial score (nSPS) is 10.5. The number of carbonyl (C=O) groups excluding carboxylic acids is 2. The maximum Gasteiger partial charge on any atom is 0.348 e. The lowest BCUT2D eigenvalue weighted by molar-refractivity contribution is 0.0606. The summed E-state index contributed by atoms with van der Waals surface area (Å²) in [6, 6.07) is 1.72. The van der Waals surface area contributed by atoms with Gasteiger partial charge in [-0.3, -0.25) is 4.79 Å². The predicted octanol–water partition coefficient (Wildman–Crippen LogP) is 2.95. The van der Waals surface area contributed by atoms with Gasteiger partial charge >= 0.3 is 5.97 Å². The molecule has 0 N–H and O–H groups in total. The summed E-state index contributed by atoms with van der Waals surface area (Å²) in [6.45, 7) is 1.52. The summed E-state index contributed by atoms with van der Waals surface area (Å²) >= 11 is 2.84. The Morgan fingerprint density at radius 2 is 2.13 bits per heavy atom. The van der Waals surface area contributed by atoms with E-state index in [4.69, 9.17) is 0 Å². The van der Waals surface area contributed by atoms with Crippen molar-refractivity contribution in [3.05, 3.63) is 21.9 Å². The molecule has 0 saturated carbocycles. The molecule has 0 aliphatic heterocycles. The molecule has 0 atom stereocenters. The molecule has 78 valence electrons. The number of ether oxygens (including phenoxy) is 1. The molecule has 2 aromatic rings. The summed E-state index contributed by atoms with van der Waals surface area (Å²) in [4.78, 5) is 23.1. The first-order valence-corrected chi connectivity index (χ1v) is 5.93. The third-order valence-electron chi connectivity index (χ3n) is 2.04. The molecule has 3 nitrogen and oxygen atoms in total. The highest BCUT2D eigenvalue weighted by molar-refractivity contribution is 7.38. The molecule has 0 spiro atoms. The van der Waals surface area contributed by atoms with Crippen LogP contribution in [0.2, 0.25) is 0 Å². The summed E-state index contributed by atoms with van der Waals surface area (Å²) in [6.07, 6.45) is 0. The number of methoxy groups -OCH3 is 1. The van der Waals surface area contributed by atoms with E-state index >= 15 is 0 Å². The van der Waals surface area contributed by atoms with Gasteiger partial charge in [-0.15, -0.1) is 22.7 Å². The first kappa shape index (κ1) is 10.3. The smallest absolute Gasteiger partial charge is 0.348 e. The maximum atomic E-state index is 11.3. The van der Waals surface area contributed by atoms with Crippen LogP contribution in [0.5, 0.6) is 0 Å². The van der Waals surface area contributed by atoms with Crippen molar-refractivity contribution in [1.29, 1.82) is 0 Å². The van der Waals surface area contributed by atoms with Crippen LogP contribution < -0.4 is 0 Å². The zero-order chi connectivity index (χ0) is 11.0. The second-order valence-corrected chi connectivity index (χ2v) is 5.20. The highest BCUT2D eigenvalue weighted by Crippen LogP contribution is 2.34. The Labute approximate surface area is 94.3 Å². The lowest BCUT2D eigenvalue weighted by Gasteiger charge is -1.91. The van der Waals surface area contributed by atoms with Gasteiger partial charge in [-0.05, 0) is 13.0 Å². The van der Waals surface area contributed by atoms with Gasteiger partial charge in [0.05, 0.1) is 11.1 Å². The number of hydrogen-bond donors (Lipinski definition) is 0. The standard InChI is InChI=1S/C10H8O3S2/c1-5(11)7-4-14-10-6(7)3-8(15-10)9(12)13-2/h3-4H,1-2H3. The van der Waals surface area contributed by atoms with Crippen LogP contribution in [-0.4, -0.2) is 18.9 Å². The van der Waals surface area contributed by atoms with E-state index in [1.54, 1.807) is 6.07 Å². The lowest BCUT2D eigenvalue weighted by Crippen LogP contribution is -1.97. The summed E-state index contributed by atoms with van der Waals surface area (Å²) in [5.74, 6) is -0.326. The number of carbonyl (C=O) groups is 2. The summed E-state index contributed by atoms with van der Waals surface area (Å²) in [5.41, 5.74) is 0.682. The number of rotatable bonds is 2. The minimum atomic E-state index is -0.349. The van der Waals surface area contributed by atoms with Gasteiger partial charge in [0, 0.05) is 16.3 Å². The second-order valence-electron chi connectivity index (χ2n) is 3.01. The van der Waals surface area contributed by atoms with Gasteiger partial charge in [-0.1, -0.05) is 0 Å². The molecule has 0 radical (unpaired) electrons. The number of esters is 1. The minimum Gasteiger partial charge on any atom is -0.465 e. The van der Waals surface area contributed by atoms with Crippen molar-refractivity contribution in [2.45, 2.75) is 6.92 Å². The van der Waals surface area contributed by atoms with E-state index in [2.05, 4.69) is 4.74 Å². The maximum absolute atomic E-state index is 11.3. The van der Waals surface area contributed by atoms with E-state index in [0.717, 1.165) is 9.40 Å². The SMILES string of the molecule is COC(=O)c1cc2c(C(C)=O)csc2s1. The zero-order valence-corrected chi connectivity index (χ0v) is 9.83. The van der Waals surface area contributed by atoms with Crippen LogP contribution in [0.4, 0.5) is 0 Å². The van der Waals surface area contributed by atoms with Crippen LogP contribution in [-0.2, 0) is 4.74 Å². The van der Waals surface area contributed by atoms with Gasteiger partial charge in [0.2, 0.25) is 0 Å². The molecule has 0 amide bonds. The van der Waals surface area contributed by atoms with Crippen molar-refractivity contribution in [2.75, 3.05) is 7.11 Å². The van der Waals surface area contributed by atoms with Crippen LogP contribution in [0.3, 0.4) is 0 Å². The van der Waals surface area contributed by atoms with Gasteiger partial charge in [0.1, 0.15) is 4.88 Å². The van der Waals surface area contributed by atoms with E-state index in [9.17, 15) is 9.59 Å². The first-order valence-electron chi connectivity index (χ1n) is 4.23. The fraction of sp³-hybridized carbons (Fsp3) is 0.200. The van der Waals surface area contributed by atoms with Gasteiger partial charge in [-0.2, -0.15) is 0 Å². The molecule has 5 heteroatoms. The largest absolute Gasteiger partial charge is 0.465 e. The van der Waals surface area contributed by atoms with E-state index in [0.29, 0.717) is 10.4 Å². The van der Waals surface area contributed by atoms with Crippen molar-refractivity contribution in [1.82, 2.24) is 0 Å². The lowest BCUT2D eigenvalue weighted by atomic mass is 10.2. The molecule has 0 aromatic carbocycles. The van der Waals surface area contributed by atoms with Gasteiger partial charge < -0.3 is 4.74 Å². The fourth-order valence-corrected chi connectivity index (χ4v) is 3.54. The van der Waals surface area contributed by atoms with E-state index < -0.39 is 0 Å². The minimum absolute atomic E-state index is 0.0236. The Balaban J connectivity index is 2.57. The van der Waals surface area contributed by atoms with Crippen LogP contribution in [0, 0.1) is 0 Å². The third kappa shape index (κ3) is 1.68.